The van der Waals surface area contributed by atoms with E-state index in [9.17, 15) is 14.7 Å². The van der Waals surface area contributed by atoms with Crippen molar-refractivity contribution < 1.29 is 14.7 Å². The third-order valence-electron chi connectivity index (χ3n) is 5.28. The van der Waals surface area contributed by atoms with Crippen molar-refractivity contribution in [3.8, 4) is 0 Å². The first-order chi connectivity index (χ1) is 12.0. The maximum Gasteiger partial charge on any atom is 0.311 e. The molecule has 1 N–H and O–H groups in total. The van der Waals surface area contributed by atoms with Gasteiger partial charge in [-0.15, -0.1) is 0 Å². The lowest BCUT2D eigenvalue weighted by molar-refractivity contribution is -0.151. The average molecular weight is 341 g/mol. The number of hydrogen-bond donors (Lipinski definition) is 1. The third kappa shape index (κ3) is 3.04. The molecular weight excluding hydrogens is 318 g/mol. The predicted octanol–water partition coefficient (Wildman–Crippen LogP) is 2.43. The molecule has 1 aromatic carbocycles. The van der Waals surface area contributed by atoms with Crippen molar-refractivity contribution >= 4 is 11.9 Å². The van der Waals surface area contributed by atoms with Crippen LogP contribution in [-0.2, 0) is 9.59 Å². The average Bonchev–Trinajstić information content (AvgIpc) is 3.26. The molecule has 1 fully saturated rings. The molecule has 2 atom stereocenters. The number of carboxylic acids is 1. The Hall–Kier alpha value is -2.63. The first-order valence-corrected chi connectivity index (χ1v) is 8.52. The van der Waals surface area contributed by atoms with Crippen LogP contribution < -0.4 is 0 Å². The van der Waals surface area contributed by atoms with Crippen molar-refractivity contribution in [3.63, 3.8) is 0 Å². The number of amides is 1. The van der Waals surface area contributed by atoms with Gasteiger partial charge in [-0.2, -0.15) is 5.10 Å². The number of carboxylic acid groups (broad SMARTS) is 1. The SMILES string of the molecule is CC(C)C1(C(=O)O)CCN(C(=O)C(c2ccccc2)n2cccn2)C1. The largest absolute Gasteiger partial charge is 0.481 e. The molecule has 1 aliphatic heterocycles. The Labute approximate surface area is 147 Å². The van der Waals surface area contributed by atoms with Gasteiger partial charge in [0.15, 0.2) is 6.04 Å². The lowest BCUT2D eigenvalue weighted by Crippen LogP contribution is -2.42. The Morgan fingerprint density at radius 2 is 1.92 bits per heavy atom. The fraction of sp³-hybridized carbons (Fsp3) is 0.421. The zero-order valence-electron chi connectivity index (χ0n) is 14.5. The van der Waals surface area contributed by atoms with E-state index in [1.807, 2.05) is 44.2 Å². The number of benzene rings is 1. The van der Waals surface area contributed by atoms with E-state index in [0.29, 0.717) is 13.0 Å². The molecule has 2 aromatic rings. The molecule has 2 unspecified atom stereocenters. The summed E-state index contributed by atoms with van der Waals surface area (Å²) in [6.45, 7) is 4.51. The molecule has 1 amide bonds. The monoisotopic (exact) mass is 341 g/mol. The van der Waals surface area contributed by atoms with E-state index in [0.717, 1.165) is 5.56 Å². The van der Waals surface area contributed by atoms with Crippen LogP contribution in [0, 0.1) is 11.3 Å². The van der Waals surface area contributed by atoms with Crippen molar-refractivity contribution in [2.75, 3.05) is 13.1 Å². The molecule has 0 spiro atoms. The van der Waals surface area contributed by atoms with Gasteiger partial charge in [0.05, 0.1) is 5.41 Å². The number of hydrogen-bond acceptors (Lipinski definition) is 3. The zero-order valence-corrected chi connectivity index (χ0v) is 14.5. The third-order valence-corrected chi connectivity index (χ3v) is 5.28. The van der Waals surface area contributed by atoms with Gasteiger partial charge in [-0.1, -0.05) is 44.2 Å². The molecule has 1 aromatic heterocycles. The van der Waals surface area contributed by atoms with E-state index < -0.39 is 17.4 Å². The minimum atomic E-state index is -0.874. The van der Waals surface area contributed by atoms with Crippen LogP contribution in [-0.4, -0.2) is 44.8 Å². The molecule has 25 heavy (non-hydrogen) atoms. The number of carbonyl (C=O) groups is 2. The van der Waals surface area contributed by atoms with Crippen molar-refractivity contribution in [1.82, 2.24) is 14.7 Å². The van der Waals surface area contributed by atoms with Gasteiger partial charge >= 0.3 is 5.97 Å². The molecule has 6 heteroatoms. The molecule has 0 radical (unpaired) electrons. The molecule has 132 valence electrons. The molecule has 2 heterocycles. The lowest BCUT2D eigenvalue weighted by atomic mass is 9.76. The van der Waals surface area contributed by atoms with E-state index in [-0.39, 0.29) is 18.4 Å². The second-order valence-corrected chi connectivity index (χ2v) is 6.93. The highest BCUT2D eigenvalue weighted by Gasteiger charge is 2.49. The van der Waals surface area contributed by atoms with Gasteiger partial charge in [0.25, 0.3) is 5.91 Å². The Balaban J connectivity index is 1.91. The lowest BCUT2D eigenvalue weighted by Gasteiger charge is -2.30. The Morgan fingerprint density at radius 1 is 1.20 bits per heavy atom. The van der Waals surface area contributed by atoms with Crippen LogP contribution in [0.25, 0.3) is 0 Å². The second-order valence-electron chi connectivity index (χ2n) is 6.93. The maximum atomic E-state index is 13.2. The molecule has 0 bridgehead atoms. The quantitative estimate of drug-likeness (QED) is 0.906. The molecule has 3 rings (SSSR count). The number of aromatic nitrogens is 2. The van der Waals surface area contributed by atoms with E-state index in [1.165, 1.54) is 0 Å². The fourth-order valence-electron chi connectivity index (χ4n) is 3.56. The molecule has 0 aliphatic carbocycles. The maximum absolute atomic E-state index is 13.2. The second kappa shape index (κ2) is 6.70. The van der Waals surface area contributed by atoms with Gasteiger partial charge in [0.1, 0.15) is 0 Å². The smallest absolute Gasteiger partial charge is 0.311 e. The first-order valence-electron chi connectivity index (χ1n) is 8.52. The van der Waals surface area contributed by atoms with Gasteiger partial charge in [0.2, 0.25) is 0 Å². The summed E-state index contributed by atoms with van der Waals surface area (Å²) in [6.07, 6.45) is 3.88. The van der Waals surface area contributed by atoms with E-state index in [1.54, 1.807) is 28.0 Å². The summed E-state index contributed by atoms with van der Waals surface area (Å²) >= 11 is 0. The molecule has 0 saturated carbocycles. The number of aliphatic carboxylic acids is 1. The van der Waals surface area contributed by atoms with Gasteiger partial charge in [-0.3, -0.25) is 14.3 Å². The summed E-state index contributed by atoms with van der Waals surface area (Å²) in [5.41, 5.74) is -0.0327. The van der Waals surface area contributed by atoms with Crippen LogP contribution in [0.3, 0.4) is 0 Å². The number of rotatable bonds is 5. The molecule has 1 saturated heterocycles. The summed E-state index contributed by atoms with van der Waals surface area (Å²) in [4.78, 5) is 26.8. The standard InChI is InChI=1S/C19H23N3O3/c1-14(2)19(18(24)25)9-12-21(13-19)17(23)16(22-11-6-10-20-22)15-7-4-3-5-8-15/h3-8,10-11,14,16H,9,12-13H2,1-2H3,(H,24,25). The highest BCUT2D eigenvalue weighted by atomic mass is 16.4. The van der Waals surface area contributed by atoms with Gasteiger partial charge in [-0.25, -0.2) is 0 Å². The summed E-state index contributed by atoms with van der Waals surface area (Å²) in [5, 5.41) is 14.0. The molecule has 1 aliphatic rings. The zero-order chi connectivity index (χ0) is 18.0. The summed E-state index contributed by atoms with van der Waals surface area (Å²) in [5.74, 6) is -0.977. The van der Waals surface area contributed by atoms with Crippen LogP contribution in [0.15, 0.2) is 48.8 Å². The van der Waals surface area contributed by atoms with E-state index >= 15 is 0 Å². The molecular formula is C19H23N3O3. The molecule has 6 nitrogen and oxygen atoms in total. The van der Waals surface area contributed by atoms with Crippen LogP contribution in [0.2, 0.25) is 0 Å². The summed E-state index contributed by atoms with van der Waals surface area (Å²) < 4.78 is 1.63. The minimum Gasteiger partial charge on any atom is -0.481 e. The van der Waals surface area contributed by atoms with Crippen LogP contribution in [0.4, 0.5) is 0 Å². The van der Waals surface area contributed by atoms with Crippen molar-refractivity contribution in [2.45, 2.75) is 26.3 Å². The highest BCUT2D eigenvalue weighted by Crippen LogP contribution is 2.39. The van der Waals surface area contributed by atoms with Crippen molar-refractivity contribution in [1.29, 1.82) is 0 Å². The number of carbonyl (C=O) groups excluding carboxylic acids is 1. The first kappa shape index (κ1) is 17.2. The summed E-state index contributed by atoms with van der Waals surface area (Å²) in [6, 6.07) is 10.7. The summed E-state index contributed by atoms with van der Waals surface area (Å²) in [7, 11) is 0. The van der Waals surface area contributed by atoms with Gasteiger partial charge in [-0.05, 0) is 24.0 Å². The van der Waals surface area contributed by atoms with Crippen LogP contribution in [0.5, 0.6) is 0 Å². The topological polar surface area (TPSA) is 75.4 Å². The van der Waals surface area contributed by atoms with Crippen molar-refractivity contribution in [2.24, 2.45) is 11.3 Å². The normalized spacial score (nSPS) is 21.5. The van der Waals surface area contributed by atoms with Crippen LogP contribution >= 0.6 is 0 Å². The van der Waals surface area contributed by atoms with Gasteiger partial charge in [0, 0.05) is 25.5 Å². The van der Waals surface area contributed by atoms with E-state index in [4.69, 9.17) is 0 Å². The predicted molar refractivity (Wildman–Crippen MR) is 92.9 cm³/mol. The van der Waals surface area contributed by atoms with Crippen molar-refractivity contribution in [3.05, 3.63) is 54.4 Å². The number of nitrogens with zero attached hydrogens (tertiary/aromatic N) is 3. The van der Waals surface area contributed by atoms with Crippen LogP contribution in [0.1, 0.15) is 31.9 Å². The number of likely N-dealkylation sites (tertiary alicyclic amines) is 1. The minimum absolute atomic E-state index is 0.0392. The van der Waals surface area contributed by atoms with E-state index in [2.05, 4.69) is 5.10 Å². The highest BCUT2D eigenvalue weighted by molar-refractivity contribution is 5.85. The Morgan fingerprint density at radius 3 is 2.44 bits per heavy atom. The Bertz CT molecular complexity index is 743. The van der Waals surface area contributed by atoms with Gasteiger partial charge < -0.3 is 10.0 Å². The fourth-order valence-corrected chi connectivity index (χ4v) is 3.56. The Kier molecular flexibility index (Phi) is 4.61.